The van der Waals surface area contributed by atoms with E-state index < -0.39 is 0 Å². The van der Waals surface area contributed by atoms with Crippen molar-refractivity contribution in [1.29, 1.82) is 0 Å². The topological polar surface area (TPSA) is 41.5 Å². The monoisotopic (exact) mass is 284 g/mol. The third-order valence-electron chi connectivity index (χ3n) is 2.78. The smallest absolute Gasteiger partial charge is 0.150 e. The highest BCUT2D eigenvalue weighted by Gasteiger charge is 2.04. The van der Waals surface area contributed by atoms with Crippen molar-refractivity contribution in [3.63, 3.8) is 0 Å². The zero-order valence-corrected chi connectivity index (χ0v) is 12.3. The lowest BCUT2D eigenvalue weighted by Crippen LogP contribution is -1.89. The van der Waals surface area contributed by atoms with Crippen LogP contribution in [0.15, 0.2) is 52.4 Å². The summed E-state index contributed by atoms with van der Waals surface area (Å²) < 4.78 is 3.27. The molecule has 0 amide bonds. The molecule has 20 heavy (non-hydrogen) atoms. The number of hydrogen-bond donors (Lipinski definition) is 1. The van der Waals surface area contributed by atoms with Crippen molar-refractivity contribution in [1.82, 2.24) is 0 Å². The largest absolute Gasteiger partial charge is 0.326 e. The fraction of sp³-hybridized carbons (Fsp3) is 0.125. The van der Waals surface area contributed by atoms with Gasteiger partial charge in [-0.25, -0.2) is 0 Å². The number of aliphatic imine (C=N–C) groups is 1. The first-order valence-corrected chi connectivity index (χ1v) is 7.12. The Morgan fingerprint density at radius 2 is 1.90 bits per heavy atom. The van der Waals surface area contributed by atoms with E-state index in [0.717, 1.165) is 28.1 Å². The van der Waals surface area contributed by atoms with Gasteiger partial charge in [0.15, 0.2) is 0 Å². The maximum absolute atomic E-state index is 10.6. The van der Waals surface area contributed by atoms with Gasteiger partial charge in [-0.3, -0.25) is 9.79 Å². The van der Waals surface area contributed by atoms with Crippen LogP contribution in [0.4, 0.5) is 11.4 Å². The minimum absolute atomic E-state index is 0.673. The van der Waals surface area contributed by atoms with Gasteiger partial charge < -0.3 is 4.72 Å². The number of nitrogens with one attached hydrogen (secondary N) is 1. The third-order valence-corrected chi connectivity index (χ3v) is 3.67. The number of carbonyl (C=O) groups is 1. The molecule has 4 heteroatoms. The lowest BCUT2D eigenvalue weighted by molar-refractivity contribution is 0.112. The van der Waals surface area contributed by atoms with Gasteiger partial charge >= 0.3 is 0 Å². The highest BCUT2D eigenvalue weighted by molar-refractivity contribution is 8.00. The predicted octanol–water partition coefficient (Wildman–Crippen LogP) is 4.65. The minimum atomic E-state index is 0.673. The Morgan fingerprint density at radius 1 is 1.15 bits per heavy atom. The van der Waals surface area contributed by atoms with Crippen LogP contribution in [0.5, 0.6) is 0 Å². The Bertz CT molecular complexity index is 621. The van der Waals surface area contributed by atoms with Gasteiger partial charge in [0.25, 0.3) is 0 Å². The molecule has 2 aromatic carbocycles. The average Bonchev–Trinajstić information content (AvgIpc) is 2.48. The van der Waals surface area contributed by atoms with Gasteiger partial charge in [-0.1, -0.05) is 12.1 Å². The van der Waals surface area contributed by atoms with E-state index in [1.54, 1.807) is 18.3 Å². The van der Waals surface area contributed by atoms with E-state index >= 15 is 0 Å². The summed E-state index contributed by atoms with van der Waals surface area (Å²) in [5, 5.41) is 0. The SMILES string of the molecule is CC=Nc1c(C)cccc1SNc1ccc(C=O)cc1. The first-order valence-electron chi connectivity index (χ1n) is 6.31. The number of aldehydes is 1. The second-order valence-electron chi connectivity index (χ2n) is 4.25. The average molecular weight is 284 g/mol. The molecule has 0 saturated heterocycles. The zero-order chi connectivity index (χ0) is 14.4. The number of carbonyl (C=O) groups excluding carboxylic acids is 1. The number of para-hydroxylation sites is 1. The molecule has 2 rings (SSSR count). The zero-order valence-electron chi connectivity index (χ0n) is 11.5. The maximum atomic E-state index is 10.6. The minimum Gasteiger partial charge on any atom is -0.326 e. The lowest BCUT2D eigenvalue weighted by atomic mass is 10.2. The van der Waals surface area contributed by atoms with Crippen LogP contribution in [0.25, 0.3) is 0 Å². The Balaban J connectivity index is 2.14. The Labute approximate surface area is 123 Å². The maximum Gasteiger partial charge on any atom is 0.150 e. The van der Waals surface area contributed by atoms with Crippen LogP contribution < -0.4 is 4.72 Å². The van der Waals surface area contributed by atoms with E-state index in [0.29, 0.717) is 5.56 Å². The van der Waals surface area contributed by atoms with Gasteiger partial charge in [-0.2, -0.15) is 0 Å². The molecule has 0 heterocycles. The summed E-state index contributed by atoms with van der Waals surface area (Å²) in [5.41, 5.74) is 3.75. The molecule has 0 atom stereocenters. The predicted molar refractivity (Wildman–Crippen MR) is 86.3 cm³/mol. The summed E-state index contributed by atoms with van der Waals surface area (Å²) in [5.74, 6) is 0. The van der Waals surface area contributed by atoms with Crippen molar-refractivity contribution >= 4 is 35.8 Å². The molecule has 0 fully saturated rings. The lowest BCUT2D eigenvalue weighted by Gasteiger charge is -2.09. The molecular weight excluding hydrogens is 268 g/mol. The number of nitrogens with zero attached hydrogens (tertiary/aromatic N) is 1. The van der Waals surface area contributed by atoms with E-state index in [9.17, 15) is 4.79 Å². The first kappa shape index (κ1) is 14.3. The first-order chi connectivity index (χ1) is 9.74. The van der Waals surface area contributed by atoms with Crippen LogP contribution in [0.1, 0.15) is 22.8 Å². The molecule has 0 saturated carbocycles. The summed E-state index contributed by atoms with van der Waals surface area (Å²) in [7, 11) is 0. The molecule has 1 N–H and O–H groups in total. The highest BCUT2D eigenvalue weighted by Crippen LogP contribution is 2.32. The van der Waals surface area contributed by atoms with Crippen LogP contribution >= 0.6 is 11.9 Å². The van der Waals surface area contributed by atoms with E-state index in [2.05, 4.69) is 9.71 Å². The van der Waals surface area contributed by atoms with Crippen molar-refractivity contribution in [2.24, 2.45) is 4.99 Å². The van der Waals surface area contributed by atoms with E-state index in [4.69, 9.17) is 0 Å². The molecule has 0 bridgehead atoms. The van der Waals surface area contributed by atoms with Crippen LogP contribution in [-0.2, 0) is 0 Å². The number of rotatable bonds is 5. The molecule has 0 spiro atoms. The van der Waals surface area contributed by atoms with Gasteiger partial charge in [-0.15, -0.1) is 0 Å². The molecule has 0 aromatic heterocycles. The number of anilines is 1. The fourth-order valence-electron chi connectivity index (χ4n) is 1.75. The third kappa shape index (κ3) is 3.48. The summed E-state index contributed by atoms with van der Waals surface area (Å²) in [6.45, 7) is 3.96. The Morgan fingerprint density at radius 3 is 2.55 bits per heavy atom. The molecule has 0 aliphatic rings. The summed E-state index contributed by atoms with van der Waals surface area (Å²) in [6.07, 6.45) is 2.64. The van der Waals surface area contributed by atoms with Crippen LogP contribution in [0, 0.1) is 6.92 Å². The van der Waals surface area contributed by atoms with Gasteiger partial charge in [0.2, 0.25) is 0 Å². The van der Waals surface area contributed by atoms with E-state index in [-0.39, 0.29) is 0 Å². The molecule has 0 aliphatic heterocycles. The van der Waals surface area contributed by atoms with Crippen molar-refractivity contribution in [2.45, 2.75) is 18.7 Å². The van der Waals surface area contributed by atoms with Gasteiger partial charge in [-0.05, 0) is 61.7 Å². The van der Waals surface area contributed by atoms with Crippen LogP contribution in [-0.4, -0.2) is 12.5 Å². The van der Waals surface area contributed by atoms with Crippen molar-refractivity contribution in [3.05, 3.63) is 53.6 Å². The molecule has 2 aromatic rings. The van der Waals surface area contributed by atoms with Gasteiger partial charge in [0.05, 0.1) is 10.6 Å². The quantitative estimate of drug-likeness (QED) is 0.493. The van der Waals surface area contributed by atoms with Crippen molar-refractivity contribution in [3.8, 4) is 0 Å². The summed E-state index contributed by atoms with van der Waals surface area (Å²) in [6, 6.07) is 13.4. The molecule has 102 valence electrons. The second kappa shape index (κ2) is 6.91. The Kier molecular flexibility index (Phi) is 4.96. The summed E-state index contributed by atoms with van der Waals surface area (Å²) >= 11 is 1.52. The van der Waals surface area contributed by atoms with E-state index in [1.807, 2.05) is 44.2 Å². The standard InChI is InChI=1S/C16H16N2OS/c1-3-17-16-12(2)5-4-6-15(16)20-18-14-9-7-13(11-19)8-10-14/h3-11,18H,1-2H3. The van der Waals surface area contributed by atoms with Crippen LogP contribution in [0.3, 0.4) is 0 Å². The second-order valence-corrected chi connectivity index (χ2v) is 5.10. The molecular formula is C16H16N2OS. The van der Waals surface area contributed by atoms with Gasteiger partial charge in [0, 0.05) is 17.5 Å². The molecule has 0 aliphatic carbocycles. The number of aryl methyl sites for hydroxylation is 1. The molecule has 3 nitrogen and oxygen atoms in total. The Hall–Kier alpha value is -2.07. The van der Waals surface area contributed by atoms with Crippen molar-refractivity contribution in [2.75, 3.05) is 4.72 Å². The van der Waals surface area contributed by atoms with Gasteiger partial charge in [0.1, 0.15) is 6.29 Å². The normalized spacial score (nSPS) is 10.7. The number of hydrogen-bond acceptors (Lipinski definition) is 4. The molecule has 0 radical (unpaired) electrons. The number of benzene rings is 2. The van der Waals surface area contributed by atoms with Crippen LogP contribution in [0.2, 0.25) is 0 Å². The van der Waals surface area contributed by atoms with Crippen molar-refractivity contribution < 1.29 is 4.79 Å². The molecule has 0 unspecified atom stereocenters. The fourth-order valence-corrected chi connectivity index (χ4v) is 2.57. The highest BCUT2D eigenvalue weighted by atomic mass is 32.2. The van der Waals surface area contributed by atoms with E-state index in [1.165, 1.54) is 11.9 Å². The summed E-state index contributed by atoms with van der Waals surface area (Å²) in [4.78, 5) is 16.1.